The standard InChI is InChI=1S/C24H32F2O3.C24H34F2O2.C19H26F2O.C18H22F2O3.C18H24F2O2.6CH4.7H2/c1-14-3-6-16(7-4-14)17-9-11-18(12-10-17)24(27)29-20-13-19-8-5-15(2)28-23(19)22(26)21(20)25;1-15-3-8-18(9-4-15)19-11-6-17(7-12-19)14-27-21-13-20-10-5-16(2)28-24(20)23(26)22(21)25;1-12-3-5-14(6-4-12)7-9-16-10-8-15-11-13(2)17(20)18(21)19(15)22-16;1-10-3-6-13(7-4-10)22-18(21)14-8-5-12-9-11(2)15(19)16(20)17(12)23-14;1-11-3-6-14(7-4-11)21-10-15-8-5-13-9-12(2)16(19)17(20)18(13)22-15;;;;;;;;;;;;;/h13-18H,3-12H2,1-2H3;13,15-19H,3-12,14H2,1-2H3;11-12,14,16H,3-10H2,1-2H3;9-10,13-14H,3-8H2,1-2H3;9,11,14-15H,3-8,10H2,1-2H3;6*1H4;7*1H. The zero-order valence-electron chi connectivity index (χ0n) is 75.3. The minimum absolute atomic E-state index is 0. The first-order chi connectivity index (χ1) is 59.5. The normalized spacial score (nSPS) is 28.6. The van der Waals surface area contributed by atoms with E-state index < -0.39 is 76.2 Å². The summed E-state index contributed by atoms with van der Waals surface area (Å²) in [6.07, 6.45) is 41.1. The SMILES string of the molecule is C.C.C.C.C.C.CC1CCC(C2CCC(C(=O)Oc3cc4c(c(F)c3F)OC(C)CC4)CC2)CC1.CC1CCC(C2CCC(COc3cc4c(c(F)c3F)OC(C)CC4)CC2)CC1.Cc1cc2c(c(F)c1F)OC(C(=O)OC1CCC(C)CC1)CC2.Cc1cc2c(c(F)c1F)OC(CCC1CCC(C)CC1)CC2.Cc1cc2c(c(F)c1F)OC(COC1CCC(C)CC1)CC2.[HH].[HH].[HH].[HH].[HH].[HH].[HH]. The number of esters is 2. The Morgan fingerprint density at radius 3 is 1.10 bits per heavy atom. The van der Waals surface area contributed by atoms with Crippen molar-refractivity contribution >= 4 is 11.9 Å². The van der Waals surface area contributed by atoms with Crippen LogP contribution in [0.1, 0.15) is 372 Å². The van der Waals surface area contributed by atoms with Crippen LogP contribution in [-0.2, 0) is 51.2 Å². The first-order valence-corrected chi connectivity index (χ1v) is 47.9. The second-order valence-electron chi connectivity index (χ2n) is 39.9. The van der Waals surface area contributed by atoms with Crippen molar-refractivity contribution in [2.24, 2.45) is 71.0 Å². The van der Waals surface area contributed by atoms with Crippen molar-refractivity contribution < 1.29 is 106 Å². The predicted molar refractivity (Wildman–Crippen MR) is 516 cm³/mol. The summed E-state index contributed by atoms with van der Waals surface area (Å²) in [5, 5.41) is 0. The molecular formula is C109H176F10O11. The quantitative estimate of drug-likeness (QED) is 0.0566. The molecule has 5 aliphatic heterocycles. The monoisotopic (exact) mass is 1850 g/mol. The Hall–Kier alpha value is -6.90. The van der Waals surface area contributed by atoms with Crippen LogP contribution in [0.5, 0.6) is 40.2 Å². The van der Waals surface area contributed by atoms with E-state index in [1.807, 2.05) is 13.8 Å². The molecule has 21 heteroatoms. The van der Waals surface area contributed by atoms with E-state index in [4.69, 9.17) is 42.6 Å². The minimum atomic E-state index is -1.13. The molecule has 5 aromatic rings. The van der Waals surface area contributed by atoms with Crippen molar-refractivity contribution in [1.82, 2.24) is 0 Å². The summed E-state index contributed by atoms with van der Waals surface area (Å²) in [6, 6.07) is 8.08. The average molecular weight is 1850 g/mol. The summed E-state index contributed by atoms with van der Waals surface area (Å²) < 4.78 is 191. The zero-order chi connectivity index (χ0) is 88.2. The van der Waals surface area contributed by atoms with E-state index >= 15 is 0 Å². The van der Waals surface area contributed by atoms with Gasteiger partial charge in [-0.3, -0.25) is 4.79 Å². The third-order valence-electron chi connectivity index (χ3n) is 30.1. The Bertz CT molecular complexity index is 4310. The molecule has 0 amide bonds. The number of carbonyl (C=O) groups excluding carboxylic acids is 2. The molecule has 11 nitrogen and oxygen atoms in total. The summed E-state index contributed by atoms with van der Waals surface area (Å²) in [5.74, 6) is -1.75. The third kappa shape index (κ3) is 28.6. The number of carbonyl (C=O) groups is 2. The van der Waals surface area contributed by atoms with Crippen LogP contribution < -0.4 is 33.2 Å². The van der Waals surface area contributed by atoms with Gasteiger partial charge in [0.1, 0.15) is 12.2 Å². The Morgan fingerprint density at radius 1 is 0.315 bits per heavy atom. The van der Waals surface area contributed by atoms with Gasteiger partial charge in [0.25, 0.3) is 0 Å². The lowest BCUT2D eigenvalue weighted by Crippen LogP contribution is -2.36. The van der Waals surface area contributed by atoms with Gasteiger partial charge in [0.05, 0.1) is 43.5 Å². The van der Waals surface area contributed by atoms with Crippen LogP contribution in [-0.4, -0.2) is 67.9 Å². The molecule has 12 aliphatic rings. The van der Waals surface area contributed by atoms with Gasteiger partial charge in [0.15, 0.2) is 63.8 Å². The number of benzene rings is 5. The zero-order valence-corrected chi connectivity index (χ0v) is 75.3. The number of rotatable bonds is 15. The Balaban J connectivity index is 0.00000166. The lowest BCUT2D eigenvalue weighted by molar-refractivity contribution is -0.160. The van der Waals surface area contributed by atoms with E-state index in [0.29, 0.717) is 91.4 Å². The largest absolute Gasteiger partial charge is 0.490 e. The van der Waals surface area contributed by atoms with Crippen LogP contribution in [0.25, 0.3) is 0 Å². The third-order valence-corrected chi connectivity index (χ3v) is 30.1. The summed E-state index contributed by atoms with van der Waals surface area (Å²) in [4.78, 5) is 24.9. The van der Waals surface area contributed by atoms with E-state index in [-0.39, 0.29) is 137 Å². The fourth-order valence-corrected chi connectivity index (χ4v) is 21.6. The van der Waals surface area contributed by atoms with Crippen LogP contribution in [0, 0.1) is 150 Å². The Labute approximate surface area is 785 Å². The van der Waals surface area contributed by atoms with Gasteiger partial charge in [-0.25, -0.2) is 18.0 Å². The highest BCUT2D eigenvalue weighted by Gasteiger charge is 2.40. The maximum Gasteiger partial charge on any atom is 0.347 e. The average Bonchev–Trinajstić information content (AvgIpc) is 0.785. The van der Waals surface area contributed by atoms with E-state index in [0.717, 1.165) is 186 Å². The van der Waals surface area contributed by atoms with Gasteiger partial charge in [-0.05, 0) is 369 Å². The van der Waals surface area contributed by atoms with Crippen LogP contribution in [0.3, 0.4) is 0 Å². The van der Waals surface area contributed by atoms with Gasteiger partial charge >= 0.3 is 11.9 Å². The lowest BCUT2D eigenvalue weighted by Gasteiger charge is -2.37. The second-order valence-corrected chi connectivity index (χ2v) is 39.9. The minimum Gasteiger partial charge on any atom is -0.490 e. The number of hydrogen-bond acceptors (Lipinski definition) is 11. The van der Waals surface area contributed by atoms with Crippen LogP contribution >= 0.6 is 0 Å². The summed E-state index contributed by atoms with van der Waals surface area (Å²) in [5.41, 5.74) is 4.44. The van der Waals surface area contributed by atoms with E-state index in [9.17, 15) is 53.5 Å². The van der Waals surface area contributed by atoms with Crippen LogP contribution in [0.4, 0.5) is 43.9 Å². The highest BCUT2D eigenvalue weighted by atomic mass is 19.2. The number of aryl methyl sites for hydroxylation is 8. The molecule has 0 radical (unpaired) electrons. The molecule has 5 heterocycles. The van der Waals surface area contributed by atoms with E-state index in [1.54, 1.807) is 38.1 Å². The Morgan fingerprint density at radius 2 is 0.646 bits per heavy atom. The molecule has 748 valence electrons. The van der Waals surface area contributed by atoms with Crippen LogP contribution in [0.2, 0.25) is 0 Å². The van der Waals surface area contributed by atoms with Crippen molar-refractivity contribution in [2.75, 3.05) is 13.2 Å². The second kappa shape index (κ2) is 51.2. The van der Waals surface area contributed by atoms with Gasteiger partial charge in [0.2, 0.25) is 40.7 Å². The number of fused-ring (bicyclic) bond motifs is 5. The molecule has 17 rings (SSSR count). The fraction of sp³-hybridized carbons (Fsp3) is 0.706. The van der Waals surface area contributed by atoms with Crippen molar-refractivity contribution in [3.05, 3.63) is 133 Å². The van der Waals surface area contributed by atoms with Crippen molar-refractivity contribution in [2.45, 2.75) is 413 Å². The van der Waals surface area contributed by atoms with Crippen molar-refractivity contribution in [1.29, 1.82) is 0 Å². The molecule has 0 spiro atoms. The van der Waals surface area contributed by atoms with E-state index in [2.05, 4.69) is 34.6 Å². The van der Waals surface area contributed by atoms with Gasteiger partial charge < -0.3 is 42.6 Å². The van der Waals surface area contributed by atoms with Crippen molar-refractivity contribution in [3.63, 3.8) is 0 Å². The van der Waals surface area contributed by atoms with Gasteiger partial charge in [0, 0.05) is 21.1 Å². The summed E-state index contributed by atoms with van der Waals surface area (Å²) in [6.45, 7) is 20.9. The predicted octanol–water partition coefficient (Wildman–Crippen LogP) is 32.7. The molecule has 7 fully saturated rings. The number of halogens is 10. The molecule has 0 saturated heterocycles. The molecular weight excluding hydrogens is 1680 g/mol. The molecule has 0 aromatic heterocycles. The maximum absolute atomic E-state index is 14.4. The first kappa shape index (κ1) is 110. The molecule has 7 aliphatic carbocycles. The van der Waals surface area contributed by atoms with Gasteiger partial charge in [-0.2, -0.15) is 30.7 Å². The molecule has 5 unspecified atom stereocenters. The van der Waals surface area contributed by atoms with Gasteiger partial charge in [-0.15, -0.1) is 0 Å². The molecule has 130 heavy (non-hydrogen) atoms. The summed E-state index contributed by atoms with van der Waals surface area (Å²) in [7, 11) is 0. The number of ether oxygens (including phenoxy) is 9. The van der Waals surface area contributed by atoms with Crippen molar-refractivity contribution in [3.8, 4) is 40.2 Å². The Kier molecular flexibility index (Phi) is 43.3. The molecule has 7 saturated carbocycles. The molecule has 5 atom stereocenters. The fourth-order valence-electron chi connectivity index (χ4n) is 21.6. The highest BCUT2D eigenvalue weighted by molar-refractivity contribution is 5.76. The first-order valence-electron chi connectivity index (χ1n) is 47.9. The highest BCUT2D eigenvalue weighted by Crippen LogP contribution is 2.47. The molecule has 0 bridgehead atoms. The topological polar surface area (TPSA) is 117 Å². The lowest BCUT2D eigenvalue weighted by atomic mass is 9.69. The van der Waals surface area contributed by atoms with Crippen LogP contribution in [0.15, 0.2) is 30.3 Å². The maximum atomic E-state index is 14.4. The smallest absolute Gasteiger partial charge is 0.347 e. The van der Waals surface area contributed by atoms with E-state index in [1.165, 1.54) is 116 Å². The summed E-state index contributed by atoms with van der Waals surface area (Å²) >= 11 is 0. The van der Waals surface area contributed by atoms with Gasteiger partial charge in [-0.1, -0.05) is 131 Å². The number of hydrogen-bond donors (Lipinski definition) is 0. The molecule has 5 aromatic carbocycles. The molecule has 0 N–H and O–H groups in total.